The van der Waals surface area contributed by atoms with Gasteiger partial charge in [-0.3, -0.25) is 0 Å². The molecule has 0 unspecified atom stereocenters. The molecule has 0 fully saturated rings. The Hall–Kier alpha value is -0.480. The molecule has 1 N–H and O–H groups in total. The zero-order valence-corrected chi connectivity index (χ0v) is 14.6. The maximum Gasteiger partial charge on any atom is 0.240 e. The van der Waals surface area contributed by atoms with Crippen molar-refractivity contribution in [2.45, 2.75) is 11.8 Å². The first-order valence-electron chi connectivity index (χ1n) is 5.72. The molecule has 0 radical (unpaired) electrons. The molecule has 1 aromatic rings. The van der Waals surface area contributed by atoms with Crippen LogP contribution in [0.5, 0.6) is 0 Å². The number of halogens is 1. The van der Waals surface area contributed by atoms with Gasteiger partial charge in [-0.05, 0) is 24.6 Å². The fourth-order valence-electron chi connectivity index (χ4n) is 1.43. The van der Waals surface area contributed by atoms with Crippen LogP contribution in [0.15, 0.2) is 27.6 Å². The fraction of sp³-hybridized carbons (Fsp3) is 0.455. The first-order chi connectivity index (χ1) is 9.06. The van der Waals surface area contributed by atoms with Crippen molar-refractivity contribution in [3.63, 3.8) is 0 Å². The van der Waals surface area contributed by atoms with Crippen LogP contribution >= 0.6 is 15.9 Å². The molecule has 9 heteroatoms. The molecule has 114 valence electrons. The number of hydrogen-bond acceptors (Lipinski definition) is 4. The van der Waals surface area contributed by atoms with Gasteiger partial charge < -0.3 is 0 Å². The highest BCUT2D eigenvalue weighted by atomic mass is 79.9. The third-order valence-corrected chi connectivity index (χ3v) is 6.58. The van der Waals surface area contributed by atoms with Crippen LogP contribution in [-0.4, -0.2) is 47.5 Å². The molecule has 0 amide bonds. The van der Waals surface area contributed by atoms with Crippen LogP contribution in [-0.2, 0) is 20.0 Å². The Morgan fingerprint density at radius 1 is 1.20 bits per heavy atom. The van der Waals surface area contributed by atoms with E-state index < -0.39 is 20.0 Å². The lowest BCUT2D eigenvalue weighted by molar-refractivity contribution is 0.519. The van der Waals surface area contributed by atoms with Crippen LogP contribution in [0, 0.1) is 6.92 Å². The molecule has 20 heavy (non-hydrogen) atoms. The smallest absolute Gasteiger partial charge is 0.212 e. The molecule has 0 spiro atoms. The quantitative estimate of drug-likeness (QED) is 0.790. The summed E-state index contributed by atoms with van der Waals surface area (Å²) < 4.78 is 51.4. The fourth-order valence-corrected chi connectivity index (χ4v) is 4.10. The first kappa shape index (κ1) is 17.6. The van der Waals surface area contributed by atoms with E-state index in [4.69, 9.17) is 0 Å². The number of rotatable bonds is 6. The summed E-state index contributed by atoms with van der Waals surface area (Å²) in [7, 11) is -4.34. The summed E-state index contributed by atoms with van der Waals surface area (Å²) in [4.78, 5) is 0.133. The average Bonchev–Trinajstić information content (AvgIpc) is 2.31. The summed E-state index contributed by atoms with van der Waals surface area (Å²) in [6.45, 7) is 1.51. The number of hydrogen-bond donors (Lipinski definition) is 1. The monoisotopic (exact) mass is 384 g/mol. The third-order valence-electron chi connectivity index (χ3n) is 2.65. The van der Waals surface area contributed by atoms with E-state index in [1.165, 1.54) is 20.2 Å². The summed E-state index contributed by atoms with van der Waals surface area (Å²) in [5.74, 6) is -0.285. The Balaban J connectivity index is 2.84. The SMILES string of the molecule is Cc1ccc(Br)cc1S(=O)(=O)NCCS(=O)(=O)N(C)C. The summed E-state index contributed by atoms with van der Waals surface area (Å²) in [6.07, 6.45) is 0. The molecule has 0 bridgehead atoms. The van der Waals surface area contributed by atoms with Crippen LogP contribution in [0.2, 0.25) is 0 Å². The van der Waals surface area contributed by atoms with E-state index in [2.05, 4.69) is 20.7 Å². The Bertz CT molecular complexity index is 684. The highest BCUT2D eigenvalue weighted by Crippen LogP contribution is 2.20. The van der Waals surface area contributed by atoms with Crippen LogP contribution in [0.1, 0.15) is 5.56 Å². The molecule has 1 rings (SSSR count). The molecule has 0 saturated carbocycles. The van der Waals surface area contributed by atoms with Gasteiger partial charge in [0, 0.05) is 25.1 Å². The van der Waals surface area contributed by atoms with Crippen molar-refractivity contribution < 1.29 is 16.8 Å². The molecule has 0 heterocycles. The third kappa shape index (κ3) is 4.52. The van der Waals surface area contributed by atoms with E-state index >= 15 is 0 Å². The largest absolute Gasteiger partial charge is 0.240 e. The molecule has 0 atom stereocenters. The molecule has 1 aromatic carbocycles. The Kier molecular flexibility index (Phi) is 5.73. The van der Waals surface area contributed by atoms with Gasteiger partial charge in [-0.1, -0.05) is 22.0 Å². The highest BCUT2D eigenvalue weighted by molar-refractivity contribution is 9.10. The van der Waals surface area contributed by atoms with Crippen molar-refractivity contribution in [2.24, 2.45) is 0 Å². The topological polar surface area (TPSA) is 83.5 Å². The van der Waals surface area contributed by atoms with E-state index in [1.54, 1.807) is 19.1 Å². The van der Waals surface area contributed by atoms with E-state index in [-0.39, 0.29) is 17.2 Å². The minimum absolute atomic E-state index is 0.133. The second-order valence-electron chi connectivity index (χ2n) is 4.41. The summed E-state index contributed by atoms with van der Waals surface area (Å²) >= 11 is 3.21. The molecule has 0 aromatic heterocycles. The van der Waals surface area contributed by atoms with Gasteiger partial charge in [0.2, 0.25) is 20.0 Å². The summed E-state index contributed by atoms with van der Waals surface area (Å²) in [6, 6.07) is 4.90. The van der Waals surface area contributed by atoms with Crippen molar-refractivity contribution in [2.75, 3.05) is 26.4 Å². The standard InChI is InChI=1S/C11H17BrN2O4S2/c1-9-4-5-10(12)8-11(9)20(17,18)13-6-7-19(15,16)14(2)3/h4-5,8,13H,6-7H2,1-3H3. The van der Waals surface area contributed by atoms with Crippen molar-refractivity contribution in [1.82, 2.24) is 9.03 Å². The molecule has 0 aliphatic heterocycles. The van der Waals surface area contributed by atoms with E-state index in [9.17, 15) is 16.8 Å². The number of nitrogens with one attached hydrogen (secondary N) is 1. The van der Waals surface area contributed by atoms with Crippen molar-refractivity contribution in [1.29, 1.82) is 0 Å². The van der Waals surface area contributed by atoms with E-state index in [0.717, 1.165) is 4.31 Å². The van der Waals surface area contributed by atoms with Gasteiger partial charge in [0.15, 0.2) is 0 Å². The number of nitrogens with zero attached hydrogens (tertiary/aromatic N) is 1. The minimum Gasteiger partial charge on any atom is -0.212 e. The predicted octanol–water partition coefficient (Wildman–Crippen LogP) is 0.927. The number of benzene rings is 1. The Morgan fingerprint density at radius 3 is 2.35 bits per heavy atom. The van der Waals surface area contributed by atoms with E-state index in [0.29, 0.717) is 10.0 Å². The zero-order chi connectivity index (χ0) is 15.6. The van der Waals surface area contributed by atoms with Crippen molar-refractivity contribution >= 4 is 36.0 Å². The van der Waals surface area contributed by atoms with Crippen LogP contribution in [0.3, 0.4) is 0 Å². The lowest BCUT2D eigenvalue weighted by Crippen LogP contribution is -2.34. The van der Waals surface area contributed by atoms with Crippen LogP contribution in [0.4, 0.5) is 0 Å². The van der Waals surface area contributed by atoms with Crippen molar-refractivity contribution in [3.05, 3.63) is 28.2 Å². The molecule has 6 nitrogen and oxygen atoms in total. The van der Waals surface area contributed by atoms with Gasteiger partial charge in [0.25, 0.3) is 0 Å². The maximum atomic E-state index is 12.1. The maximum absolute atomic E-state index is 12.1. The first-order valence-corrected chi connectivity index (χ1v) is 9.61. The van der Waals surface area contributed by atoms with Crippen molar-refractivity contribution in [3.8, 4) is 0 Å². The van der Waals surface area contributed by atoms with Gasteiger partial charge in [-0.25, -0.2) is 25.9 Å². The molecule has 0 aliphatic carbocycles. The van der Waals surface area contributed by atoms with Gasteiger partial charge in [0.05, 0.1) is 10.6 Å². The minimum atomic E-state index is -3.72. The average molecular weight is 385 g/mol. The Morgan fingerprint density at radius 2 is 1.80 bits per heavy atom. The van der Waals surface area contributed by atoms with Gasteiger partial charge in [-0.15, -0.1) is 0 Å². The van der Waals surface area contributed by atoms with E-state index in [1.807, 2.05) is 0 Å². The summed E-state index contributed by atoms with van der Waals surface area (Å²) in [5.41, 5.74) is 0.594. The second-order valence-corrected chi connectivity index (χ2v) is 9.36. The molecular formula is C11H17BrN2O4S2. The lowest BCUT2D eigenvalue weighted by Gasteiger charge is -2.13. The zero-order valence-electron chi connectivity index (χ0n) is 11.4. The number of sulfonamides is 2. The molecular weight excluding hydrogens is 368 g/mol. The summed E-state index contributed by atoms with van der Waals surface area (Å²) in [5, 5.41) is 0. The molecule has 0 aliphatic rings. The van der Waals surface area contributed by atoms with Crippen LogP contribution in [0.25, 0.3) is 0 Å². The van der Waals surface area contributed by atoms with Crippen LogP contribution < -0.4 is 4.72 Å². The predicted molar refractivity (Wildman–Crippen MR) is 81.5 cm³/mol. The van der Waals surface area contributed by atoms with Gasteiger partial charge in [-0.2, -0.15) is 0 Å². The highest BCUT2D eigenvalue weighted by Gasteiger charge is 2.19. The van der Waals surface area contributed by atoms with Gasteiger partial charge in [0.1, 0.15) is 0 Å². The Labute approximate surface area is 128 Å². The normalized spacial score (nSPS) is 12.8. The number of aryl methyl sites for hydroxylation is 1. The second kappa shape index (κ2) is 6.52. The van der Waals surface area contributed by atoms with Gasteiger partial charge >= 0.3 is 0 Å². The lowest BCUT2D eigenvalue weighted by atomic mass is 10.2. The molecule has 0 saturated heterocycles.